The highest BCUT2D eigenvalue weighted by Gasteiger charge is 1.96. The van der Waals surface area contributed by atoms with Crippen LogP contribution in [0.3, 0.4) is 0 Å². The third-order valence-electron chi connectivity index (χ3n) is 1.82. The van der Waals surface area contributed by atoms with Crippen molar-refractivity contribution in [1.29, 1.82) is 0 Å². The molecule has 1 aromatic heterocycles. The van der Waals surface area contributed by atoms with Crippen molar-refractivity contribution in [3.05, 3.63) is 30.1 Å². The average Bonchev–Trinajstić information content (AvgIpc) is 2.05. The molecule has 1 aromatic rings. The van der Waals surface area contributed by atoms with E-state index in [1.165, 1.54) is 5.56 Å². The Bertz CT molecular complexity index is 208. The summed E-state index contributed by atoms with van der Waals surface area (Å²) in [4.78, 5) is 3.96. The first-order chi connectivity index (χ1) is 5.79. The zero-order valence-corrected chi connectivity index (χ0v) is 8.09. The molecular weight excluding hydrogens is 170 g/mol. The number of aromatic nitrogens is 1. The molecule has 0 spiro atoms. The van der Waals surface area contributed by atoms with E-state index in [1.54, 1.807) is 0 Å². The Balaban J connectivity index is 2.25. The van der Waals surface area contributed by atoms with E-state index in [0.29, 0.717) is 5.38 Å². The fourth-order valence-electron chi connectivity index (χ4n) is 1.14. The normalized spacial score (nSPS) is 12.8. The molecule has 1 unspecified atom stereocenters. The lowest BCUT2D eigenvalue weighted by molar-refractivity contribution is 0.723. The Morgan fingerprint density at radius 1 is 1.42 bits per heavy atom. The first-order valence-electron chi connectivity index (χ1n) is 4.32. The van der Waals surface area contributed by atoms with E-state index < -0.39 is 0 Å². The number of aryl methyl sites for hydroxylation is 1. The quantitative estimate of drug-likeness (QED) is 0.654. The predicted molar refractivity (Wildman–Crippen MR) is 52.5 cm³/mol. The molecule has 0 bridgehead atoms. The Hall–Kier alpha value is -0.560. The van der Waals surface area contributed by atoms with Gasteiger partial charge in [0.1, 0.15) is 0 Å². The lowest BCUT2D eigenvalue weighted by Crippen LogP contribution is -1.92. The highest BCUT2D eigenvalue weighted by Crippen LogP contribution is 2.08. The van der Waals surface area contributed by atoms with Gasteiger partial charge < -0.3 is 0 Å². The molecule has 1 rings (SSSR count). The Morgan fingerprint density at radius 2 is 2.08 bits per heavy atom. The fourth-order valence-corrected chi connectivity index (χ4v) is 1.29. The first kappa shape index (κ1) is 9.53. The topological polar surface area (TPSA) is 12.9 Å². The summed E-state index contributed by atoms with van der Waals surface area (Å²) in [5.74, 6) is 0. The van der Waals surface area contributed by atoms with Crippen LogP contribution in [0.25, 0.3) is 0 Å². The summed E-state index contributed by atoms with van der Waals surface area (Å²) in [7, 11) is 0. The molecule has 0 aliphatic rings. The zero-order valence-electron chi connectivity index (χ0n) is 7.33. The summed E-state index contributed by atoms with van der Waals surface area (Å²) >= 11 is 5.83. The summed E-state index contributed by atoms with van der Waals surface area (Å²) < 4.78 is 0. The fraction of sp³-hybridized carbons (Fsp3) is 0.500. The Labute approximate surface area is 78.8 Å². The second-order valence-electron chi connectivity index (χ2n) is 3.03. The maximum Gasteiger partial charge on any atom is 0.0308 e. The third kappa shape index (κ3) is 3.72. The van der Waals surface area contributed by atoms with E-state index in [-0.39, 0.29) is 0 Å². The van der Waals surface area contributed by atoms with Gasteiger partial charge in [0.25, 0.3) is 0 Å². The number of pyridine rings is 1. The number of halogens is 1. The van der Waals surface area contributed by atoms with Crippen LogP contribution in [0.1, 0.15) is 25.3 Å². The summed E-state index contributed by atoms with van der Waals surface area (Å²) in [6.45, 7) is 2.04. The zero-order chi connectivity index (χ0) is 8.81. The van der Waals surface area contributed by atoms with Crippen LogP contribution in [-0.4, -0.2) is 10.4 Å². The van der Waals surface area contributed by atoms with E-state index in [9.17, 15) is 0 Å². The molecule has 0 saturated carbocycles. The van der Waals surface area contributed by atoms with E-state index in [4.69, 9.17) is 11.6 Å². The van der Waals surface area contributed by atoms with E-state index in [1.807, 2.05) is 19.3 Å². The van der Waals surface area contributed by atoms with Gasteiger partial charge in [-0.25, -0.2) is 0 Å². The van der Waals surface area contributed by atoms with Crippen LogP contribution in [-0.2, 0) is 6.42 Å². The SMILES string of the molecule is CC(Cl)CCCc1ccncc1. The van der Waals surface area contributed by atoms with Gasteiger partial charge in [-0.05, 0) is 43.9 Å². The van der Waals surface area contributed by atoms with Gasteiger partial charge in [-0.1, -0.05) is 0 Å². The van der Waals surface area contributed by atoms with Crippen molar-refractivity contribution in [3.8, 4) is 0 Å². The van der Waals surface area contributed by atoms with Gasteiger partial charge in [-0.2, -0.15) is 0 Å². The maximum absolute atomic E-state index is 5.83. The molecule has 0 aliphatic carbocycles. The van der Waals surface area contributed by atoms with Gasteiger partial charge in [0, 0.05) is 17.8 Å². The second kappa shape index (κ2) is 5.15. The summed E-state index contributed by atoms with van der Waals surface area (Å²) in [5.41, 5.74) is 1.35. The third-order valence-corrected chi connectivity index (χ3v) is 2.03. The van der Waals surface area contributed by atoms with Gasteiger partial charge in [0.05, 0.1) is 0 Å². The van der Waals surface area contributed by atoms with Gasteiger partial charge in [-0.3, -0.25) is 4.98 Å². The van der Waals surface area contributed by atoms with Gasteiger partial charge >= 0.3 is 0 Å². The van der Waals surface area contributed by atoms with Crippen molar-refractivity contribution in [2.75, 3.05) is 0 Å². The molecule has 1 nitrogen and oxygen atoms in total. The van der Waals surface area contributed by atoms with Crippen molar-refractivity contribution in [1.82, 2.24) is 4.98 Å². The van der Waals surface area contributed by atoms with Gasteiger partial charge in [-0.15, -0.1) is 11.6 Å². The highest BCUT2D eigenvalue weighted by molar-refractivity contribution is 6.20. The number of alkyl halides is 1. The summed E-state index contributed by atoms with van der Waals surface area (Å²) in [5, 5.41) is 0.298. The van der Waals surface area contributed by atoms with Crippen LogP contribution in [0.5, 0.6) is 0 Å². The number of hydrogen-bond acceptors (Lipinski definition) is 1. The van der Waals surface area contributed by atoms with Crippen LogP contribution in [0.2, 0.25) is 0 Å². The van der Waals surface area contributed by atoms with Crippen molar-refractivity contribution in [2.45, 2.75) is 31.6 Å². The molecule has 1 atom stereocenters. The lowest BCUT2D eigenvalue weighted by Gasteiger charge is -2.02. The van der Waals surface area contributed by atoms with Crippen LogP contribution < -0.4 is 0 Å². The number of hydrogen-bond donors (Lipinski definition) is 0. The van der Waals surface area contributed by atoms with Gasteiger partial charge in [0.15, 0.2) is 0 Å². The molecular formula is C10H14ClN. The highest BCUT2D eigenvalue weighted by atomic mass is 35.5. The minimum absolute atomic E-state index is 0.298. The molecule has 0 saturated heterocycles. The molecule has 66 valence electrons. The van der Waals surface area contributed by atoms with E-state index in [2.05, 4.69) is 17.1 Å². The minimum atomic E-state index is 0.298. The molecule has 0 fully saturated rings. The second-order valence-corrected chi connectivity index (χ2v) is 3.77. The average molecular weight is 184 g/mol. The smallest absolute Gasteiger partial charge is 0.0308 e. The van der Waals surface area contributed by atoms with Crippen molar-refractivity contribution in [3.63, 3.8) is 0 Å². The van der Waals surface area contributed by atoms with Crippen molar-refractivity contribution in [2.24, 2.45) is 0 Å². The maximum atomic E-state index is 5.83. The molecule has 2 heteroatoms. The van der Waals surface area contributed by atoms with E-state index >= 15 is 0 Å². The van der Waals surface area contributed by atoms with Crippen molar-refractivity contribution >= 4 is 11.6 Å². The molecule has 0 N–H and O–H groups in total. The van der Waals surface area contributed by atoms with Crippen LogP contribution in [0, 0.1) is 0 Å². The first-order valence-corrected chi connectivity index (χ1v) is 4.75. The van der Waals surface area contributed by atoms with E-state index in [0.717, 1.165) is 19.3 Å². The molecule has 0 aromatic carbocycles. The monoisotopic (exact) mass is 183 g/mol. The largest absolute Gasteiger partial charge is 0.265 e. The molecule has 0 radical (unpaired) electrons. The Kier molecular flexibility index (Phi) is 4.09. The lowest BCUT2D eigenvalue weighted by atomic mass is 10.1. The minimum Gasteiger partial charge on any atom is -0.265 e. The van der Waals surface area contributed by atoms with Crippen molar-refractivity contribution < 1.29 is 0 Å². The number of nitrogens with zero attached hydrogens (tertiary/aromatic N) is 1. The summed E-state index contributed by atoms with van der Waals surface area (Å²) in [6.07, 6.45) is 7.02. The molecule has 0 aliphatic heterocycles. The molecule has 0 amide bonds. The predicted octanol–water partition coefficient (Wildman–Crippen LogP) is 3.03. The van der Waals surface area contributed by atoms with Gasteiger partial charge in [0.2, 0.25) is 0 Å². The Morgan fingerprint density at radius 3 is 2.67 bits per heavy atom. The standard InChI is InChI=1S/C10H14ClN/c1-9(11)3-2-4-10-5-7-12-8-6-10/h5-9H,2-4H2,1H3. The van der Waals surface area contributed by atoms with Crippen LogP contribution in [0.4, 0.5) is 0 Å². The van der Waals surface area contributed by atoms with Crippen LogP contribution >= 0.6 is 11.6 Å². The molecule has 1 heterocycles. The van der Waals surface area contributed by atoms with Crippen LogP contribution in [0.15, 0.2) is 24.5 Å². The molecule has 12 heavy (non-hydrogen) atoms. The summed E-state index contributed by atoms with van der Waals surface area (Å²) in [6, 6.07) is 4.11. The number of rotatable bonds is 4.